The van der Waals surface area contributed by atoms with E-state index in [0.717, 1.165) is 25.0 Å². The van der Waals surface area contributed by atoms with Gasteiger partial charge < -0.3 is 20.3 Å². The Bertz CT molecular complexity index is 1110. The molecule has 41 heavy (non-hydrogen) atoms. The first-order valence-corrected chi connectivity index (χ1v) is 15.0. The van der Waals surface area contributed by atoms with Crippen molar-refractivity contribution >= 4 is 29.3 Å². The molecule has 224 valence electrons. The van der Waals surface area contributed by atoms with Gasteiger partial charge in [0.2, 0.25) is 5.91 Å². The molecule has 0 fully saturated rings. The predicted molar refractivity (Wildman–Crippen MR) is 160 cm³/mol. The van der Waals surface area contributed by atoms with Gasteiger partial charge in [0.25, 0.3) is 0 Å². The minimum absolute atomic E-state index is 0.0949. The van der Waals surface area contributed by atoms with Gasteiger partial charge in [0, 0.05) is 11.3 Å². The normalized spacial score (nSPS) is 10.8. The molecular weight excluding hydrogens is 522 g/mol. The van der Waals surface area contributed by atoms with Crippen LogP contribution in [0.25, 0.3) is 0 Å². The van der Waals surface area contributed by atoms with Crippen LogP contribution in [-0.4, -0.2) is 40.4 Å². The summed E-state index contributed by atoms with van der Waals surface area (Å²) in [5.74, 6) is -3.18. The number of unbranched alkanes of at least 4 members (excludes halogenated alkanes) is 13. The number of aromatic carboxylic acids is 2. The third-order valence-corrected chi connectivity index (χ3v) is 7.03. The summed E-state index contributed by atoms with van der Waals surface area (Å²) in [6.45, 7) is 2.87. The topological polar surface area (TPSA) is 130 Å². The maximum atomic E-state index is 12.5. The Morgan fingerprint density at radius 2 is 1.17 bits per heavy atom. The van der Waals surface area contributed by atoms with E-state index in [4.69, 9.17) is 9.84 Å². The number of hydrogen-bond acceptors (Lipinski definition) is 5. The van der Waals surface area contributed by atoms with Crippen molar-refractivity contribution in [3.8, 4) is 5.75 Å². The fourth-order valence-electron chi connectivity index (χ4n) is 4.66. The molecule has 0 saturated carbocycles. The number of amides is 1. The van der Waals surface area contributed by atoms with E-state index >= 15 is 0 Å². The molecule has 8 heteroatoms. The van der Waals surface area contributed by atoms with E-state index in [2.05, 4.69) is 12.2 Å². The highest BCUT2D eigenvalue weighted by Crippen LogP contribution is 2.19. The number of carbonyl (C=O) groups is 4. The molecule has 2 aromatic carbocycles. The zero-order valence-corrected chi connectivity index (χ0v) is 24.3. The molecule has 8 nitrogen and oxygen atoms in total. The monoisotopic (exact) mass is 567 g/mol. The average Bonchev–Trinajstić information content (AvgIpc) is 2.95. The summed E-state index contributed by atoms with van der Waals surface area (Å²) < 4.78 is 5.78. The van der Waals surface area contributed by atoms with E-state index in [1.165, 1.54) is 83.1 Å². The second-order valence-electron chi connectivity index (χ2n) is 10.5. The van der Waals surface area contributed by atoms with Crippen LogP contribution < -0.4 is 10.1 Å². The Kier molecular flexibility index (Phi) is 15.9. The molecule has 0 aliphatic rings. The minimum Gasteiger partial charge on any atom is -0.494 e. The standard InChI is InChI=1S/C33H45NO7/c1-2-3-4-5-6-7-8-9-10-11-12-13-14-15-22-41-27-19-16-25(17-20-27)30(35)24-31(36)34-26-18-21-28(32(37)38)29(23-26)33(39)40/h16-21,23H,2-15,22,24H2,1H3,(H,34,36)(H,37,38)(H,39,40). The second kappa shape index (κ2) is 19.4. The van der Waals surface area contributed by atoms with E-state index < -0.39 is 41.2 Å². The lowest BCUT2D eigenvalue weighted by atomic mass is 10.0. The van der Waals surface area contributed by atoms with Gasteiger partial charge in [0.15, 0.2) is 5.78 Å². The van der Waals surface area contributed by atoms with E-state index in [9.17, 15) is 24.3 Å². The van der Waals surface area contributed by atoms with Crippen molar-refractivity contribution in [3.05, 3.63) is 59.2 Å². The molecule has 0 atom stereocenters. The summed E-state index contributed by atoms with van der Waals surface area (Å²) in [7, 11) is 0. The van der Waals surface area contributed by atoms with E-state index in [-0.39, 0.29) is 5.69 Å². The van der Waals surface area contributed by atoms with Crippen LogP contribution in [0, 0.1) is 0 Å². The van der Waals surface area contributed by atoms with E-state index in [1.54, 1.807) is 24.3 Å². The summed E-state index contributed by atoms with van der Waals surface area (Å²) >= 11 is 0. The second-order valence-corrected chi connectivity index (χ2v) is 10.5. The number of anilines is 1. The highest BCUT2D eigenvalue weighted by molar-refractivity contribution is 6.11. The van der Waals surface area contributed by atoms with Crippen LogP contribution in [0.3, 0.4) is 0 Å². The first-order valence-electron chi connectivity index (χ1n) is 15.0. The summed E-state index contributed by atoms with van der Waals surface area (Å²) in [4.78, 5) is 47.3. The minimum atomic E-state index is -1.43. The van der Waals surface area contributed by atoms with Crippen molar-refractivity contribution in [2.24, 2.45) is 0 Å². The summed E-state index contributed by atoms with van der Waals surface area (Å²) in [6.07, 6.45) is 17.8. The molecule has 0 aliphatic carbocycles. The lowest BCUT2D eigenvalue weighted by Gasteiger charge is -2.09. The summed E-state index contributed by atoms with van der Waals surface area (Å²) in [5, 5.41) is 20.8. The molecule has 0 bridgehead atoms. The number of nitrogens with one attached hydrogen (secondary N) is 1. The van der Waals surface area contributed by atoms with Gasteiger partial charge in [-0.15, -0.1) is 0 Å². The number of ketones is 1. The first kappa shape index (κ1) is 33.5. The van der Waals surface area contributed by atoms with Crippen LogP contribution in [0.4, 0.5) is 5.69 Å². The van der Waals surface area contributed by atoms with Crippen molar-refractivity contribution in [3.63, 3.8) is 0 Å². The maximum absolute atomic E-state index is 12.5. The van der Waals surface area contributed by atoms with Crippen LogP contribution >= 0.6 is 0 Å². The average molecular weight is 568 g/mol. The van der Waals surface area contributed by atoms with Gasteiger partial charge in [-0.25, -0.2) is 9.59 Å². The van der Waals surface area contributed by atoms with Gasteiger partial charge in [-0.2, -0.15) is 0 Å². The van der Waals surface area contributed by atoms with Crippen molar-refractivity contribution in [2.45, 2.75) is 103 Å². The SMILES string of the molecule is CCCCCCCCCCCCCCCCOc1ccc(C(=O)CC(=O)Nc2ccc(C(=O)O)c(C(=O)O)c2)cc1. The van der Waals surface area contributed by atoms with Crippen LogP contribution in [0.1, 0.15) is 134 Å². The van der Waals surface area contributed by atoms with Gasteiger partial charge in [0.1, 0.15) is 5.75 Å². The summed E-state index contributed by atoms with van der Waals surface area (Å²) in [5.41, 5.74) is -0.390. The van der Waals surface area contributed by atoms with Gasteiger partial charge >= 0.3 is 11.9 Å². The van der Waals surface area contributed by atoms with Gasteiger partial charge in [0.05, 0.1) is 24.2 Å². The highest BCUT2D eigenvalue weighted by Gasteiger charge is 2.18. The fraction of sp³-hybridized carbons (Fsp3) is 0.515. The Morgan fingerprint density at radius 3 is 1.68 bits per heavy atom. The Labute approximate surface area is 243 Å². The molecule has 0 spiro atoms. The fourth-order valence-corrected chi connectivity index (χ4v) is 4.66. The number of carboxylic acids is 2. The van der Waals surface area contributed by atoms with Gasteiger partial charge in [-0.1, -0.05) is 90.4 Å². The number of hydrogen-bond donors (Lipinski definition) is 3. The Morgan fingerprint density at radius 1 is 0.659 bits per heavy atom. The zero-order valence-electron chi connectivity index (χ0n) is 24.3. The van der Waals surface area contributed by atoms with Crippen LogP contribution in [0.15, 0.2) is 42.5 Å². The molecule has 0 heterocycles. The van der Waals surface area contributed by atoms with Crippen LogP contribution in [0.2, 0.25) is 0 Å². The summed E-state index contributed by atoms with van der Waals surface area (Å²) in [6, 6.07) is 10.1. The number of Topliss-reactive ketones (excluding diaryl/α,β-unsaturated/α-hetero) is 1. The molecule has 0 aromatic heterocycles. The maximum Gasteiger partial charge on any atom is 0.336 e. The molecule has 0 radical (unpaired) electrons. The molecule has 0 saturated heterocycles. The number of carboxylic acid groups (broad SMARTS) is 2. The van der Waals surface area contributed by atoms with Gasteiger partial charge in [-0.05, 0) is 48.9 Å². The quantitative estimate of drug-likeness (QED) is 0.0743. The third kappa shape index (κ3) is 13.5. The largest absolute Gasteiger partial charge is 0.494 e. The van der Waals surface area contributed by atoms with Crippen LogP contribution in [0.5, 0.6) is 5.75 Å². The van der Waals surface area contributed by atoms with Crippen molar-refractivity contribution < 1.29 is 34.1 Å². The Hall–Kier alpha value is -3.68. The molecule has 3 N–H and O–H groups in total. The number of benzene rings is 2. The van der Waals surface area contributed by atoms with E-state index in [1.807, 2.05) is 0 Å². The zero-order chi connectivity index (χ0) is 29.9. The van der Waals surface area contributed by atoms with Crippen LogP contribution in [-0.2, 0) is 4.79 Å². The highest BCUT2D eigenvalue weighted by atomic mass is 16.5. The molecule has 2 rings (SSSR count). The predicted octanol–water partition coefficient (Wildman–Crippen LogP) is 8.15. The first-order chi connectivity index (χ1) is 19.8. The number of carbonyl (C=O) groups excluding carboxylic acids is 2. The lowest BCUT2D eigenvalue weighted by molar-refractivity contribution is -0.115. The van der Waals surface area contributed by atoms with E-state index in [0.29, 0.717) is 17.9 Å². The molecule has 0 aliphatic heterocycles. The third-order valence-electron chi connectivity index (χ3n) is 7.03. The van der Waals surface area contributed by atoms with Gasteiger partial charge in [-0.3, -0.25) is 9.59 Å². The Balaban J connectivity index is 1.59. The molecule has 2 aromatic rings. The molecular formula is C33H45NO7. The van der Waals surface area contributed by atoms with Crippen molar-refractivity contribution in [2.75, 3.05) is 11.9 Å². The smallest absolute Gasteiger partial charge is 0.336 e. The van der Waals surface area contributed by atoms with Crippen molar-refractivity contribution in [1.82, 2.24) is 0 Å². The van der Waals surface area contributed by atoms with Crippen molar-refractivity contribution in [1.29, 1.82) is 0 Å². The number of ether oxygens (including phenoxy) is 1. The molecule has 0 unspecified atom stereocenters. The lowest BCUT2D eigenvalue weighted by Crippen LogP contribution is -2.17. The molecule has 1 amide bonds. The number of rotatable bonds is 22.